The van der Waals surface area contributed by atoms with Gasteiger partial charge in [-0.15, -0.1) is 0 Å². The van der Waals surface area contributed by atoms with Gasteiger partial charge in [-0.1, -0.05) is 0 Å². The van der Waals surface area contributed by atoms with Crippen LogP contribution in [0.25, 0.3) is 0 Å². The molecule has 0 bridgehead atoms. The Morgan fingerprint density at radius 1 is 1.50 bits per heavy atom. The molecule has 2 rings (SSSR count). The van der Waals surface area contributed by atoms with Gasteiger partial charge in [-0.2, -0.15) is 0 Å². The average molecular weight is 211 g/mol. The number of hydrogen-bond acceptors (Lipinski definition) is 4. The number of rotatable bonds is 3. The van der Waals surface area contributed by atoms with E-state index in [1.54, 1.807) is 18.5 Å². The lowest BCUT2D eigenvalue weighted by Crippen LogP contribution is -2.16. The molecule has 1 aliphatic rings. The summed E-state index contributed by atoms with van der Waals surface area (Å²) in [6, 6.07) is 1.73. The lowest BCUT2D eigenvalue weighted by atomic mass is 10.2. The Morgan fingerprint density at radius 2 is 2.29 bits per heavy atom. The number of hydrogen-bond donors (Lipinski definition) is 1. The van der Waals surface area contributed by atoms with Crippen molar-refractivity contribution in [2.24, 2.45) is 5.92 Å². The molecule has 0 aliphatic carbocycles. The quantitative estimate of drug-likeness (QED) is 0.725. The largest absolute Gasteiger partial charge is 0.316 e. The summed E-state index contributed by atoms with van der Waals surface area (Å²) >= 11 is 0. The first-order chi connectivity index (χ1) is 6.86. The normalized spacial score (nSPS) is 23.6. The van der Waals surface area contributed by atoms with Crippen LogP contribution < -0.4 is 5.32 Å². The third-order valence-corrected chi connectivity index (χ3v) is 3.69. The van der Waals surface area contributed by atoms with Gasteiger partial charge in [-0.05, 0) is 31.5 Å². The maximum absolute atomic E-state index is 11.8. The predicted molar refractivity (Wildman–Crippen MR) is 54.3 cm³/mol. The van der Waals surface area contributed by atoms with E-state index in [0.29, 0.717) is 16.8 Å². The summed E-state index contributed by atoms with van der Waals surface area (Å²) in [6.07, 6.45) is 4.37. The molecule has 1 aromatic heterocycles. The van der Waals surface area contributed by atoms with E-state index in [4.69, 9.17) is 0 Å². The van der Waals surface area contributed by atoms with Gasteiger partial charge in [0.25, 0.3) is 0 Å². The lowest BCUT2D eigenvalue weighted by Gasteiger charge is -2.05. The Balaban J connectivity index is 1.95. The fourth-order valence-electron chi connectivity index (χ4n) is 1.55. The third-order valence-electron chi connectivity index (χ3n) is 2.30. The molecule has 0 spiro atoms. The number of nitrogens with one attached hydrogen (secondary N) is 1. The highest BCUT2D eigenvalue weighted by Crippen LogP contribution is 2.11. The van der Waals surface area contributed by atoms with Crippen molar-refractivity contribution in [2.45, 2.75) is 11.6 Å². The van der Waals surface area contributed by atoms with Crippen LogP contribution in [-0.2, 0) is 10.8 Å². The molecule has 0 radical (unpaired) electrons. The van der Waals surface area contributed by atoms with Crippen LogP contribution >= 0.6 is 0 Å². The van der Waals surface area contributed by atoms with Crippen molar-refractivity contribution in [3.05, 3.63) is 18.5 Å². The van der Waals surface area contributed by atoms with E-state index < -0.39 is 10.8 Å². The molecular formula is C9H13N3OS. The maximum atomic E-state index is 11.8. The molecule has 1 saturated heterocycles. The second-order valence-electron chi connectivity index (χ2n) is 3.40. The summed E-state index contributed by atoms with van der Waals surface area (Å²) in [5.41, 5.74) is 0. The molecule has 5 heteroatoms. The molecule has 2 heterocycles. The molecule has 4 nitrogen and oxygen atoms in total. The summed E-state index contributed by atoms with van der Waals surface area (Å²) in [5, 5.41) is 3.71. The molecule has 0 saturated carbocycles. The summed E-state index contributed by atoms with van der Waals surface area (Å²) in [4.78, 5) is 7.98. The summed E-state index contributed by atoms with van der Waals surface area (Å²) in [6.45, 7) is 2.01. The van der Waals surface area contributed by atoms with E-state index in [2.05, 4.69) is 15.3 Å². The van der Waals surface area contributed by atoms with Gasteiger partial charge < -0.3 is 5.32 Å². The summed E-state index contributed by atoms with van der Waals surface area (Å²) < 4.78 is 11.8. The second-order valence-corrected chi connectivity index (χ2v) is 4.79. The molecular weight excluding hydrogens is 198 g/mol. The van der Waals surface area contributed by atoms with Crippen molar-refractivity contribution >= 4 is 10.8 Å². The van der Waals surface area contributed by atoms with Crippen LogP contribution in [0.1, 0.15) is 6.42 Å². The fourth-order valence-corrected chi connectivity index (χ4v) is 2.77. The van der Waals surface area contributed by atoms with Crippen molar-refractivity contribution in [1.29, 1.82) is 0 Å². The zero-order valence-corrected chi connectivity index (χ0v) is 8.67. The van der Waals surface area contributed by atoms with Crippen molar-refractivity contribution in [2.75, 3.05) is 18.8 Å². The van der Waals surface area contributed by atoms with E-state index in [1.165, 1.54) is 0 Å². The van der Waals surface area contributed by atoms with Gasteiger partial charge in [0.2, 0.25) is 5.16 Å². The lowest BCUT2D eigenvalue weighted by molar-refractivity contribution is 0.628. The monoisotopic (exact) mass is 211 g/mol. The molecule has 2 atom stereocenters. The van der Waals surface area contributed by atoms with Crippen molar-refractivity contribution < 1.29 is 4.21 Å². The first-order valence-corrected chi connectivity index (χ1v) is 6.04. The predicted octanol–water partition coefficient (Wildman–Crippen LogP) is 0.194. The maximum Gasteiger partial charge on any atom is 0.218 e. The Bertz CT molecular complexity index is 311. The zero-order valence-electron chi connectivity index (χ0n) is 7.85. The highest BCUT2D eigenvalue weighted by molar-refractivity contribution is 7.84. The molecule has 2 unspecified atom stereocenters. The molecule has 0 amide bonds. The molecule has 1 aromatic rings. The minimum Gasteiger partial charge on any atom is -0.316 e. The van der Waals surface area contributed by atoms with E-state index in [9.17, 15) is 4.21 Å². The van der Waals surface area contributed by atoms with Gasteiger partial charge in [0.15, 0.2) is 0 Å². The Morgan fingerprint density at radius 3 is 2.93 bits per heavy atom. The number of aromatic nitrogens is 2. The SMILES string of the molecule is O=S(CC1CCNC1)c1ncccn1. The van der Waals surface area contributed by atoms with Crippen molar-refractivity contribution in [3.8, 4) is 0 Å². The molecule has 0 aromatic carbocycles. The first kappa shape index (κ1) is 9.73. The Kier molecular flexibility index (Phi) is 3.21. The van der Waals surface area contributed by atoms with Gasteiger partial charge >= 0.3 is 0 Å². The Labute approximate surface area is 85.6 Å². The highest BCUT2D eigenvalue weighted by atomic mass is 32.2. The second kappa shape index (κ2) is 4.61. The van der Waals surface area contributed by atoms with Gasteiger partial charge in [-0.3, -0.25) is 4.21 Å². The van der Waals surface area contributed by atoms with Gasteiger partial charge in [0.1, 0.15) is 0 Å². The highest BCUT2D eigenvalue weighted by Gasteiger charge is 2.19. The average Bonchev–Trinajstić information content (AvgIpc) is 2.72. The van der Waals surface area contributed by atoms with Crippen molar-refractivity contribution in [1.82, 2.24) is 15.3 Å². The minimum atomic E-state index is -1.04. The smallest absolute Gasteiger partial charge is 0.218 e. The van der Waals surface area contributed by atoms with E-state index in [-0.39, 0.29) is 0 Å². The van der Waals surface area contributed by atoms with Crippen LogP contribution in [-0.4, -0.2) is 33.0 Å². The van der Waals surface area contributed by atoms with E-state index in [0.717, 1.165) is 19.5 Å². The van der Waals surface area contributed by atoms with Crippen LogP contribution in [0.15, 0.2) is 23.6 Å². The van der Waals surface area contributed by atoms with E-state index >= 15 is 0 Å². The molecule has 1 N–H and O–H groups in total. The standard InChI is InChI=1S/C9H13N3OS/c13-14(7-8-2-5-10-6-8)9-11-3-1-4-12-9/h1,3-4,8,10H,2,5-7H2. The molecule has 1 fully saturated rings. The fraction of sp³-hybridized carbons (Fsp3) is 0.556. The van der Waals surface area contributed by atoms with Crippen LogP contribution in [0.5, 0.6) is 0 Å². The molecule has 1 aliphatic heterocycles. The van der Waals surface area contributed by atoms with Crippen LogP contribution in [0.2, 0.25) is 0 Å². The summed E-state index contributed by atoms with van der Waals surface area (Å²) in [5.74, 6) is 1.19. The number of nitrogens with zero attached hydrogens (tertiary/aromatic N) is 2. The van der Waals surface area contributed by atoms with Gasteiger partial charge in [0.05, 0.1) is 10.8 Å². The van der Waals surface area contributed by atoms with Gasteiger partial charge in [0, 0.05) is 18.1 Å². The summed E-state index contributed by atoms with van der Waals surface area (Å²) in [7, 11) is -1.04. The van der Waals surface area contributed by atoms with Crippen LogP contribution in [0, 0.1) is 5.92 Å². The Hall–Kier alpha value is -0.810. The third kappa shape index (κ3) is 2.36. The molecule has 76 valence electrons. The van der Waals surface area contributed by atoms with E-state index in [1.807, 2.05) is 0 Å². The van der Waals surface area contributed by atoms with Crippen LogP contribution in [0.3, 0.4) is 0 Å². The minimum absolute atomic E-state index is 0.458. The van der Waals surface area contributed by atoms with Crippen LogP contribution in [0.4, 0.5) is 0 Å². The first-order valence-electron chi connectivity index (χ1n) is 4.72. The topological polar surface area (TPSA) is 54.9 Å². The zero-order chi connectivity index (χ0) is 9.80. The van der Waals surface area contributed by atoms with Gasteiger partial charge in [-0.25, -0.2) is 9.97 Å². The molecule has 14 heavy (non-hydrogen) atoms. The van der Waals surface area contributed by atoms with Crippen molar-refractivity contribution in [3.63, 3.8) is 0 Å².